The highest BCUT2D eigenvalue weighted by molar-refractivity contribution is 7.13. The Labute approximate surface area is 175 Å². The third-order valence-electron chi connectivity index (χ3n) is 6.53. The molecule has 1 spiro atoms. The zero-order valence-electron chi connectivity index (χ0n) is 16.9. The maximum absolute atomic E-state index is 12.7. The summed E-state index contributed by atoms with van der Waals surface area (Å²) < 4.78 is 0. The third-order valence-corrected chi connectivity index (χ3v) is 7.26. The lowest BCUT2D eigenvalue weighted by Gasteiger charge is -2.40. The number of carbonyl (C=O) groups is 1. The normalized spacial score (nSPS) is 23.4. The molecule has 1 atom stereocenters. The van der Waals surface area contributed by atoms with Crippen LogP contribution in [-0.4, -0.2) is 45.4 Å². The van der Waals surface area contributed by atoms with Gasteiger partial charge in [-0.2, -0.15) is 0 Å². The maximum Gasteiger partial charge on any atom is 0.225 e. The Bertz CT molecular complexity index is 939. The summed E-state index contributed by atoms with van der Waals surface area (Å²) in [5.41, 5.74) is 9.17. The van der Waals surface area contributed by atoms with Crippen molar-refractivity contribution in [1.82, 2.24) is 19.9 Å². The first-order valence-electron chi connectivity index (χ1n) is 10.6. The van der Waals surface area contributed by atoms with Gasteiger partial charge in [0.05, 0.1) is 11.4 Å². The quantitative estimate of drug-likeness (QED) is 0.784. The van der Waals surface area contributed by atoms with Crippen molar-refractivity contribution in [3.05, 3.63) is 28.2 Å². The number of nitrogens with one attached hydrogen (secondary N) is 1. The van der Waals surface area contributed by atoms with E-state index in [-0.39, 0.29) is 11.3 Å². The molecule has 29 heavy (non-hydrogen) atoms. The van der Waals surface area contributed by atoms with Gasteiger partial charge in [-0.1, -0.05) is 0 Å². The molecule has 1 saturated heterocycles. The van der Waals surface area contributed by atoms with Crippen LogP contribution in [0.2, 0.25) is 0 Å². The molecule has 1 saturated carbocycles. The van der Waals surface area contributed by atoms with Gasteiger partial charge in [0.2, 0.25) is 5.91 Å². The van der Waals surface area contributed by atoms with Crippen molar-refractivity contribution in [2.24, 2.45) is 5.92 Å². The fourth-order valence-corrected chi connectivity index (χ4v) is 5.55. The number of likely N-dealkylation sites (tertiary alicyclic amines) is 1. The van der Waals surface area contributed by atoms with Crippen molar-refractivity contribution in [3.63, 3.8) is 0 Å². The second-order valence-corrected chi connectivity index (χ2v) is 9.61. The standard InChI is InChI=1S/C21H28N6OS/c1-13-24-17-16(18(25-13)23-9-6-15-11-29-20(22)26-15)5-8-21(17)7-2-10-27(12-21)19(28)14-3-4-14/h11,14H,2-10,12H2,1H3,(H2,22,26)(H,23,24,25). The van der Waals surface area contributed by atoms with E-state index in [9.17, 15) is 4.79 Å². The monoisotopic (exact) mass is 412 g/mol. The number of nitrogen functional groups attached to an aromatic ring is 1. The Morgan fingerprint density at radius 1 is 1.34 bits per heavy atom. The SMILES string of the molecule is Cc1nc(NCCc2csc(N)n2)c2c(n1)C1(CCCN(C(=O)C3CC3)C1)CC2. The van der Waals surface area contributed by atoms with Crippen molar-refractivity contribution in [3.8, 4) is 0 Å². The van der Waals surface area contributed by atoms with E-state index in [1.807, 2.05) is 12.3 Å². The van der Waals surface area contributed by atoms with E-state index in [4.69, 9.17) is 15.7 Å². The first kappa shape index (κ1) is 18.8. The van der Waals surface area contributed by atoms with E-state index < -0.39 is 0 Å². The number of amides is 1. The number of aromatic nitrogens is 3. The average molecular weight is 413 g/mol. The first-order valence-corrected chi connectivity index (χ1v) is 11.5. The van der Waals surface area contributed by atoms with Crippen LogP contribution in [0.15, 0.2) is 5.38 Å². The topological polar surface area (TPSA) is 97.0 Å². The van der Waals surface area contributed by atoms with Crippen LogP contribution in [0.4, 0.5) is 10.9 Å². The first-order chi connectivity index (χ1) is 14.0. The lowest BCUT2D eigenvalue weighted by molar-refractivity contribution is -0.134. The summed E-state index contributed by atoms with van der Waals surface area (Å²) in [4.78, 5) is 28.7. The molecule has 1 amide bonds. The summed E-state index contributed by atoms with van der Waals surface area (Å²) in [7, 11) is 0. The summed E-state index contributed by atoms with van der Waals surface area (Å²) in [6, 6.07) is 0. The predicted octanol–water partition coefficient (Wildman–Crippen LogP) is 2.69. The Morgan fingerprint density at radius 2 is 2.21 bits per heavy atom. The largest absolute Gasteiger partial charge is 0.375 e. The number of fused-ring (bicyclic) bond motifs is 2. The van der Waals surface area contributed by atoms with E-state index in [0.29, 0.717) is 11.0 Å². The van der Waals surface area contributed by atoms with Crippen LogP contribution in [0.5, 0.6) is 0 Å². The minimum Gasteiger partial charge on any atom is -0.375 e. The zero-order valence-corrected chi connectivity index (χ0v) is 17.7. The van der Waals surface area contributed by atoms with Gasteiger partial charge in [0.1, 0.15) is 11.6 Å². The summed E-state index contributed by atoms with van der Waals surface area (Å²) in [6.07, 6.45) is 7.18. The van der Waals surface area contributed by atoms with Gasteiger partial charge < -0.3 is 16.0 Å². The van der Waals surface area contributed by atoms with Crippen molar-refractivity contribution in [2.75, 3.05) is 30.7 Å². The van der Waals surface area contributed by atoms with Gasteiger partial charge in [-0.15, -0.1) is 11.3 Å². The van der Waals surface area contributed by atoms with Crippen molar-refractivity contribution in [2.45, 2.75) is 57.3 Å². The lowest BCUT2D eigenvalue weighted by atomic mass is 9.77. The number of thiazole rings is 1. The lowest BCUT2D eigenvalue weighted by Crippen LogP contribution is -2.48. The van der Waals surface area contributed by atoms with Gasteiger partial charge in [0.15, 0.2) is 5.13 Å². The summed E-state index contributed by atoms with van der Waals surface area (Å²) >= 11 is 1.48. The number of rotatable bonds is 5. The Balaban J connectivity index is 1.35. The van der Waals surface area contributed by atoms with E-state index in [2.05, 4.69) is 15.2 Å². The maximum atomic E-state index is 12.7. The molecule has 0 aromatic carbocycles. The summed E-state index contributed by atoms with van der Waals surface area (Å²) in [5.74, 6) is 2.41. The average Bonchev–Trinajstić information content (AvgIpc) is 3.40. The molecule has 1 aliphatic heterocycles. The van der Waals surface area contributed by atoms with Crippen molar-refractivity contribution >= 4 is 28.2 Å². The van der Waals surface area contributed by atoms with Crippen LogP contribution < -0.4 is 11.1 Å². The van der Waals surface area contributed by atoms with E-state index in [0.717, 1.165) is 81.9 Å². The summed E-state index contributed by atoms with van der Waals surface area (Å²) in [6.45, 7) is 4.46. The highest BCUT2D eigenvalue weighted by Crippen LogP contribution is 2.46. The van der Waals surface area contributed by atoms with E-state index in [1.54, 1.807) is 0 Å². The molecule has 2 aromatic rings. The molecule has 2 aromatic heterocycles. The van der Waals surface area contributed by atoms with Crippen LogP contribution in [0.3, 0.4) is 0 Å². The number of piperidine rings is 1. The van der Waals surface area contributed by atoms with E-state index >= 15 is 0 Å². The van der Waals surface area contributed by atoms with Crippen LogP contribution >= 0.6 is 11.3 Å². The van der Waals surface area contributed by atoms with Crippen molar-refractivity contribution < 1.29 is 4.79 Å². The number of hydrogen-bond acceptors (Lipinski definition) is 7. The number of aryl methyl sites for hydroxylation is 1. The number of anilines is 2. The smallest absolute Gasteiger partial charge is 0.225 e. The van der Waals surface area contributed by atoms with E-state index in [1.165, 1.54) is 22.6 Å². The predicted molar refractivity (Wildman–Crippen MR) is 114 cm³/mol. The van der Waals surface area contributed by atoms with Crippen LogP contribution in [0.1, 0.15) is 54.9 Å². The Kier molecular flexibility index (Phi) is 4.69. The Hall–Kier alpha value is -2.22. The number of nitrogens with zero attached hydrogens (tertiary/aromatic N) is 4. The molecule has 2 fully saturated rings. The second-order valence-electron chi connectivity index (χ2n) is 8.72. The van der Waals surface area contributed by atoms with Crippen LogP contribution in [0, 0.1) is 12.8 Å². The molecule has 8 heteroatoms. The van der Waals surface area contributed by atoms with Gasteiger partial charge in [0.25, 0.3) is 0 Å². The zero-order chi connectivity index (χ0) is 20.0. The number of nitrogens with two attached hydrogens (primary N) is 1. The molecule has 2 aliphatic carbocycles. The fourth-order valence-electron chi connectivity index (χ4n) is 4.95. The number of carbonyl (C=O) groups excluding carboxylic acids is 1. The van der Waals surface area contributed by atoms with Gasteiger partial charge >= 0.3 is 0 Å². The van der Waals surface area contributed by atoms with Gasteiger partial charge in [0, 0.05) is 48.3 Å². The molecule has 3 heterocycles. The van der Waals surface area contributed by atoms with Crippen LogP contribution in [-0.2, 0) is 23.1 Å². The van der Waals surface area contributed by atoms with Gasteiger partial charge in [-0.25, -0.2) is 15.0 Å². The highest BCUT2D eigenvalue weighted by Gasteiger charge is 2.47. The molecule has 1 unspecified atom stereocenters. The minimum atomic E-state index is 0.00558. The van der Waals surface area contributed by atoms with Gasteiger partial charge in [-0.05, 0) is 45.4 Å². The molecule has 3 aliphatic rings. The molecule has 0 radical (unpaired) electrons. The minimum absolute atomic E-state index is 0.00558. The molecular weight excluding hydrogens is 384 g/mol. The van der Waals surface area contributed by atoms with Gasteiger partial charge in [-0.3, -0.25) is 4.79 Å². The molecule has 154 valence electrons. The second kappa shape index (κ2) is 7.23. The fraction of sp³-hybridized carbons (Fsp3) is 0.619. The molecule has 0 bridgehead atoms. The van der Waals surface area contributed by atoms with Crippen molar-refractivity contribution in [1.29, 1.82) is 0 Å². The molecule has 5 rings (SSSR count). The van der Waals surface area contributed by atoms with Crippen LogP contribution in [0.25, 0.3) is 0 Å². The molecule has 7 nitrogen and oxygen atoms in total. The summed E-state index contributed by atoms with van der Waals surface area (Å²) in [5, 5.41) is 6.14. The highest BCUT2D eigenvalue weighted by atomic mass is 32.1. The third kappa shape index (κ3) is 3.58. The molecule has 3 N–H and O–H groups in total. The molecular formula is C21H28N6OS. The number of hydrogen-bond donors (Lipinski definition) is 2. The Morgan fingerprint density at radius 3 is 2.97 bits per heavy atom.